The van der Waals surface area contributed by atoms with Crippen LogP contribution < -0.4 is 10.6 Å². The third kappa shape index (κ3) is 2.60. The van der Waals surface area contributed by atoms with Crippen LogP contribution in [-0.2, 0) is 4.79 Å². The number of carbonyl (C=O) groups is 1. The molecular weight excluding hydrogens is 272 g/mol. The van der Waals surface area contributed by atoms with Crippen LogP contribution in [0.4, 0.5) is 0 Å². The van der Waals surface area contributed by atoms with Gasteiger partial charge in [-0.05, 0) is 94.9 Å². The van der Waals surface area contributed by atoms with E-state index in [1.165, 1.54) is 38.5 Å². The highest BCUT2D eigenvalue weighted by Gasteiger charge is 2.53. The van der Waals surface area contributed by atoms with Gasteiger partial charge in [0.25, 0.3) is 0 Å². The van der Waals surface area contributed by atoms with Gasteiger partial charge >= 0.3 is 0 Å². The molecule has 1 aliphatic heterocycles. The first-order valence-corrected chi connectivity index (χ1v) is 9.58. The fourth-order valence-corrected chi connectivity index (χ4v) is 6.56. The second-order valence-corrected chi connectivity index (χ2v) is 9.09. The normalized spacial score (nSPS) is 48.2. The summed E-state index contributed by atoms with van der Waals surface area (Å²) < 4.78 is 0. The third-order valence-electron chi connectivity index (χ3n) is 7.36. The molecule has 0 radical (unpaired) electrons. The molecule has 3 heteroatoms. The topological polar surface area (TPSA) is 41.1 Å². The molecule has 5 fully saturated rings. The molecule has 3 nitrogen and oxygen atoms in total. The summed E-state index contributed by atoms with van der Waals surface area (Å²) in [6.07, 6.45) is 10.6. The van der Waals surface area contributed by atoms with E-state index in [1.807, 2.05) is 0 Å². The Hall–Kier alpha value is -0.570. The van der Waals surface area contributed by atoms with Gasteiger partial charge in [0, 0.05) is 18.0 Å². The standard InChI is InChI=1S/C19H32N2O/c1-12-5-17(3-4-20-12)18(22)21-13(2)19-9-14-6-15(10-19)8-16(7-14)11-19/h12-17,20H,3-11H2,1-2H3,(H,21,22)/t12-,13?,14?,15?,16?,17-,19?/m0/s1. The van der Waals surface area contributed by atoms with Crippen molar-refractivity contribution in [3.63, 3.8) is 0 Å². The fraction of sp³-hybridized carbons (Fsp3) is 0.947. The van der Waals surface area contributed by atoms with Crippen LogP contribution in [0.1, 0.15) is 65.2 Å². The zero-order valence-electron chi connectivity index (χ0n) is 14.2. The third-order valence-corrected chi connectivity index (χ3v) is 7.36. The monoisotopic (exact) mass is 304 g/mol. The Kier molecular flexibility index (Phi) is 3.75. The number of carbonyl (C=O) groups excluding carboxylic acids is 1. The molecule has 1 unspecified atom stereocenters. The summed E-state index contributed by atoms with van der Waals surface area (Å²) in [5, 5.41) is 6.91. The molecule has 1 amide bonds. The molecule has 4 aliphatic carbocycles. The van der Waals surface area contributed by atoms with Crippen molar-refractivity contribution in [1.82, 2.24) is 10.6 Å². The highest BCUT2D eigenvalue weighted by molar-refractivity contribution is 5.79. The quantitative estimate of drug-likeness (QED) is 0.841. The van der Waals surface area contributed by atoms with Crippen molar-refractivity contribution < 1.29 is 4.79 Å². The van der Waals surface area contributed by atoms with Gasteiger partial charge in [-0.3, -0.25) is 4.79 Å². The number of rotatable bonds is 3. The first kappa shape index (κ1) is 15.0. The molecule has 4 saturated carbocycles. The van der Waals surface area contributed by atoms with E-state index in [9.17, 15) is 4.79 Å². The molecule has 5 rings (SSSR count). The molecule has 4 bridgehead atoms. The smallest absolute Gasteiger partial charge is 0.223 e. The van der Waals surface area contributed by atoms with Crippen molar-refractivity contribution in [1.29, 1.82) is 0 Å². The summed E-state index contributed by atoms with van der Waals surface area (Å²) in [7, 11) is 0. The lowest BCUT2D eigenvalue weighted by atomic mass is 9.48. The van der Waals surface area contributed by atoms with Crippen LogP contribution >= 0.6 is 0 Å². The van der Waals surface area contributed by atoms with Crippen molar-refractivity contribution >= 4 is 5.91 Å². The van der Waals surface area contributed by atoms with E-state index in [-0.39, 0.29) is 5.92 Å². The van der Waals surface area contributed by atoms with Crippen LogP contribution in [0.25, 0.3) is 0 Å². The van der Waals surface area contributed by atoms with Crippen molar-refractivity contribution in [2.75, 3.05) is 6.54 Å². The van der Waals surface area contributed by atoms with Gasteiger partial charge in [0.05, 0.1) is 0 Å². The maximum absolute atomic E-state index is 12.7. The van der Waals surface area contributed by atoms with E-state index < -0.39 is 0 Å². The van der Waals surface area contributed by atoms with E-state index in [0.29, 0.717) is 23.4 Å². The predicted molar refractivity (Wildman–Crippen MR) is 88.4 cm³/mol. The minimum absolute atomic E-state index is 0.229. The van der Waals surface area contributed by atoms with E-state index in [4.69, 9.17) is 0 Å². The largest absolute Gasteiger partial charge is 0.353 e. The first-order valence-electron chi connectivity index (χ1n) is 9.58. The van der Waals surface area contributed by atoms with Gasteiger partial charge in [-0.25, -0.2) is 0 Å². The summed E-state index contributed by atoms with van der Waals surface area (Å²) in [6, 6.07) is 0.859. The van der Waals surface area contributed by atoms with Gasteiger partial charge in [-0.2, -0.15) is 0 Å². The Morgan fingerprint density at radius 3 is 2.23 bits per heavy atom. The minimum Gasteiger partial charge on any atom is -0.353 e. The van der Waals surface area contributed by atoms with Crippen molar-refractivity contribution in [3.8, 4) is 0 Å². The number of hydrogen-bond acceptors (Lipinski definition) is 2. The van der Waals surface area contributed by atoms with Crippen molar-refractivity contribution in [3.05, 3.63) is 0 Å². The predicted octanol–water partition coefficient (Wildman–Crippen LogP) is 3.10. The van der Waals surface area contributed by atoms with Crippen LogP contribution in [0.3, 0.4) is 0 Å². The molecule has 5 aliphatic rings. The summed E-state index contributed by atoms with van der Waals surface area (Å²) in [6.45, 7) is 5.49. The van der Waals surface area contributed by atoms with Crippen LogP contribution in [-0.4, -0.2) is 24.5 Å². The first-order chi connectivity index (χ1) is 10.5. The molecule has 0 spiro atoms. The number of hydrogen-bond donors (Lipinski definition) is 2. The Labute approximate surface area is 135 Å². The van der Waals surface area contributed by atoms with E-state index >= 15 is 0 Å². The Bertz CT molecular complexity index is 411. The highest BCUT2D eigenvalue weighted by Crippen LogP contribution is 2.61. The molecule has 124 valence electrons. The zero-order valence-corrected chi connectivity index (χ0v) is 14.2. The van der Waals surface area contributed by atoms with E-state index in [0.717, 1.165) is 37.1 Å². The molecule has 2 N–H and O–H groups in total. The van der Waals surface area contributed by atoms with Gasteiger partial charge in [0.1, 0.15) is 0 Å². The lowest BCUT2D eigenvalue weighted by Gasteiger charge is -2.59. The molecular formula is C19H32N2O. The molecule has 3 atom stereocenters. The van der Waals surface area contributed by atoms with Gasteiger partial charge < -0.3 is 10.6 Å². The SMILES string of the molecule is CC(NC(=O)[C@H]1CCN[C@@H](C)C1)C12CC3CC(CC(C3)C1)C2. The summed E-state index contributed by atoms with van der Waals surface area (Å²) in [5.41, 5.74) is 0.433. The van der Waals surface area contributed by atoms with Crippen molar-refractivity contribution in [2.45, 2.75) is 77.3 Å². The van der Waals surface area contributed by atoms with Crippen LogP contribution in [0.15, 0.2) is 0 Å². The molecule has 0 aromatic carbocycles. The van der Waals surface area contributed by atoms with Crippen LogP contribution in [0, 0.1) is 29.1 Å². The molecule has 0 aromatic rings. The average Bonchev–Trinajstić information content (AvgIpc) is 2.45. The van der Waals surface area contributed by atoms with Gasteiger partial charge in [0.15, 0.2) is 0 Å². The molecule has 1 heterocycles. The van der Waals surface area contributed by atoms with Gasteiger partial charge in [0.2, 0.25) is 5.91 Å². The van der Waals surface area contributed by atoms with Crippen molar-refractivity contribution in [2.24, 2.45) is 29.1 Å². The zero-order chi connectivity index (χ0) is 15.3. The van der Waals surface area contributed by atoms with E-state index in [1.54, 1.807) is 0 Å². The second kappa shape index (κ2) is 5.51. The minimum atomic E-state index is 0.229. The second-order valence-electron chi connectivity index (χ2n) is 9.09. The average molecular weight is 304 g/mol. The van der Waals surface area contributed by atoms with Gasteiger partial charge in [-0.15, -0.1) is 0 Å². The summed E-state index contributed by atoms with van der Waals surface area (Å²) >= 11 is 0. The number of piperidine rings is 1. The van der Waals surface area contributed by atoms with E-state index in [2.05, 4.69) is 24.5 Å². The summed E-state index contributed by atoms with van der Waals surface area (Å²) in [5.74, 6) is 3.45. The maximum Gasteiger partial charge on any atom is 0.223 e. The maximum atomic E-state index is 12.7. The van der Waals surface area contributed by atoms with Crippen LogP contribution in [0.5, 0.6) is 0 Å². The number of amides is 1. The number of nitrogens with one attached hydrogen (secondary N) is 2. The molecule has 1 saturated heterocycles. The molecule has 0 aromatic heterocycles. The Morgan fingerprint density at radius 1 is 1.09 bits per heavy atom. The Balaban J connectivity index is 1.41. The molecule has 22 heavy (non-hydrogen) atoms. The lowest BCUT2D eigenvalue weighted by Crippen LogP contribution is -2.57. The Morgan fingerprint density at radius 2 is 1.68 bits per heavy atom. The highest BCUT2D eigenvalue weighted by atomic mass is 16.1. The van der Waals surface area contributed by atoms with Gasteiger partial charge in [-0.1, -0.05) is 0 Å². The van der Waals surface area contributed by atoms with Crippen LogP contribution in [0.2, 0.25) is 0 Å². The summed E-state index contributed by atoms with van der Waals surface area (Å²) in [4.78, 5) is 12.7. The lowest BCUT2D eigenvalue weighted by molar-refractivity contribution is -0.130. The fourth-order valence-electron chi connectivity index (χ4n) is 6.56.